The van der Waals surface area contributed by atoms with Gasteiger partial charge in [0.25, 0.3) is 0 Å². The molecule has 0 aliphatic heterocycles. The number of aliphatic hydroxyl groups is 2. The van der Waals surface area contributed by atoms with Crippen LogP contribution in [0.5, 0.6) is 11.5 Å². The summed E-state index contributed by atoms with van der Waals surface area (Å²) in [6.45, 7) is 0.432. The van der Waals surface area contributed by atoms with Gasteiger partial charge in [-0.3, -0.25) is 0 Å². The van der Waals surface area contributed by atoms with Crippen LogP contribution in [0, 0.1) is 0 Å². The Hall–Kier alpha value is -4.20. The first-order valence-corrected chi connectivity index (χ1v) is 16.0. The molecule has 4 aromatic carbocycles. The molecule has 0 saturated heterocycles. The lowest BCUT2D eigenvalue weighted by Crippen LogP contribution is -2.28. The van der Waals surface area contributed by atoms with Gasteiger partial charge in [-0.05, 0) is 104 Å². The summed E-state index contributed by atoms with van der Waals surface area (Å²) in [4.78, 5) is 2.46. The highest BCUT2D eigenvalue weighted by molar-refractivity contribution is 7.13. The van der Waals surface area contributed by atoms with Crippen molar-refractivity contribution in [3.63, 3.8) is 0 Å². The molecule has 43 heavy (non-hydrogen) atoms. The molecule has 2 N–H and O–H groups in total. The maximum absolute atomic E-state index is 9.30. The van der Waals surface area contributed by atoms with Crippen molar-refractivity contribution in [1.82, 2.24) is 0 Å². The second kappa shape index (κ2) is 11.8. The maximum Gasteiger partial charge on any atom is 0.119 e. The number of thiophene rings is 2. The standard InChI is InChI=1S/C37H30O4S2/c38-17-19-40-29-11-7-27(8-12-29)37(28-9-13-30(14-10-28)41-20-18-39)33-23-25(35-3-1-21-42-35)5-15-31(33)32-16-6-26(24-34(32)37)36-4-2-22-43-36/h1-16,21-24,38-39H,17-20H2. The quantitative estimate of drug-likeness (QED) is 0.166. The smallest absolute Gasteiger partial charge is 0.119 e. The fraction of sp³-hybridized carbons (Fsp3) is 0.135. The van der Waals surface area contributed by atoms with Crippen molar-refractivity contribution in [3.05, 3.63) is 142 Å². The largest absolute Gasteiger partial charge is 0.491 e. The Balaban J connectivity index is 1.51. The van der Waals surface area contributed by atoms with E-state index in [0.717, 1.165) is 22.6 Å². The molecule has 6 heteroatoms. The number of aliphatic hydroxyl groups excluding tert-OH is 2. The maximum atomic E-state index is 9.30. The van der Waals surface area contributed by atoms with Crippen molar-refractivity contribution in [3.8, 4) is 43.5 Å². The molecule has 1 aliphatic rings. The van der Waals surface area contributed by atoms with Crippen LogP contribution in [0.2, 0.25) is 0 Å². The molecule has 4 nitrogen and oxygen atoms in total. The molecule has 0 spiro atoms. The third-order valence-electron chi connectivity index (χ3n) is 8.04. The first-order valence-electron chi connectivity index (χ1n) is 14.3. The molecule has 0 radical (unpaired) electrons. The Morgan fingerprint density at radius 2 is 0.977 bits per heavy atom. The predicted octanol–water partition coefficient (Wildman–Crippen LogP) is 8.25. The van der Waals surface area contributed by atoms with E-state index < -0.39 is 5.41 Å². The Morgan fingerprint density at radius 1 is 0.535 bits per heavy atom. The van der Waals surface area contributed by atoms with E-state index in [9.17, 15) is 10.2 Å². The normalized spacial score (nSPS) is 13.0. The van der Waals surface area contributed by atoms with Crippen LogP contribution in [0.25, 0.3) is 32.0 Å². The molecule has 2 aromatic heterocycles. The molecule has 0 fully saturated rings. The van der Waals surface area contributed by atoms with Crippen molar-refractivity contribution < 1.29 is 19.7 Å². The first kappa shape index (κ1) is 27.6. The van der Waals surface area contributed by atoms with Crippen LogP contribution < -0.4 is 9.47 Å². The number of hydrogen-bond donors (Lipinski definition) is 2. The zero-order valence-corrected chi connectivity index (χ0v) is 25.0. The minimum atomic E-state index is -0.615. The van der Waals surface area contributed by atoms with Gasteiger partial charge < -0.3 is 19.7 Å². The Kier molecular flexibility index (Phi) is 7.59. The van der Waals surface area contributed by atoms with Gasteiger partial charge in [0.1, 0.15) is 24.7 Å². The molecule has 0 atom stereocenters. The highest BCUT2D eigenvalue weighted by Crippen LogP contribution is 2.58. The molecule has 0 saturated carbocycles. The lowest BCUT2D eigenvalue weighted by molar-refractivity contribution is 0.201. The first-order chi connectivity index (χ1) is 21.2. The molecular weight excluding hydrogens is 573 g/mol. The molecular formula is C37H30O4S2. The van der Waals surface area contributed by atoms with Crippen LogP contribution in [0.1, 0.15) is 22.3 Å². The molecule has 2 heterocycles. The Labute approximate surface area is 259 Å². The van der Waals surface area contributed by atoms with Crippen molar-refractivity contribution in [2.75, 3.05) is 26.4 Å². The van der Waals surface area contributed by atoms with E-state index in [4.69, 9.17) is 9.47 Å². The summed E-state index contributed by atoms with van der Waals surface area (Å²) >= 11 is 3.49. The molecule has 0 unspecified atom stereocenters. The van der Waals surface area contributed by atoms with Gasteiger partial charge in [0, 0.05) is 9.75 Å². The number of benzene rings is 4. The number of fused-ring (bicyclic) bond motifs is 3. The van der Waals surface area contributed by atoms with Gasteiger partial charge in [0.2, 0.25) is 0 Å². The average molecular weight is 603 g/mol. The van der Waals surface area contributed by atoms with Crippen LogP contribution >= 0.6 is 22.7 Å². The molecule has 7 rings (SSSR count). The number of ether oxygens (including phenoxy) is 2. The van der Waals surface area contributed by atoms with Crippen LogP contribution in [0.3, 0.4) is 0 Å². The third-order valence-corrected chi connectivity index (χ3v) is 9.88. The van der Waals surface area contributed by atoms with Crippen LogP contribution in [-0.2, 0) is 5.41 Å². The lowest BCUT2D eigenvalue weighted by atomic mass is 9.67. The van der Waals surface area contributed by atoms with Crippen molar-refractivity contribution in [1.29, 1.82) is 0 Å². The van der Waals surface area contributed by atoms with Crippen LogP contribution in [-0.4, -0.2) is 36.6 Å². The summed E-state index contributed by atoms with van der Waals surface area (Å²) in [6, 6.07) is 38.8. The summed E-state index contributed by atoms with van der Waals surface area (Å²) in [6.07, 6.45) is 0. The number of rotatable bonds is 10. The van der Waals surface area contributed by atoms with Gasteiger partial charge in [-0.25, -0.2) is 0 Å². The van der Waals surface area contributed by atoms with Gasteiger partial charge in [-0.2, -0.15) is 0 Å². The minimum Gasteiger partial charge on any atom is -0.491 e. The SMILES string of the molecule is OCCOc1ccc(C2(c3ccc(OCCO)cc3)c3cc(-c4cccs4)ccc3-c3ccc(-c4cccs4)cc32)cc1. The van der Waals surface area contributed by atoms with E-state index in [0.29, 0.717) is 0 Å². The van der Waals surface area contributed by atoms with Crippen molar-refractivity contribution in [2.24, 2.45) is 0 Å². The fourth-order valence-electron chi connectivity index (χ4n) is 6.23. The second-order valence-electron chi connectivity index (χ2n) is 10.4. The van der Waals surface area contributed by atoms with Crippen LogP contribution in [0.4, 0.5) is 0 Å². The highest BCUT2D eigenvalue weighted by atomic mass is 32.1. The van der Waals surface area contributed by atoms with E-state index in [-0.39, 0.29) is 26.4 Å². The van der Waals surface area contributed by atoms with Gasteiger partial charge in [-0.15, -0.1) is 22.7 Å². The molecule has 6 aromatic rings. The highest BCUT2D eigenvalue weighted by Gasteiger charge is 2.46. The summed E-state index contributed by atoms with van der Waals surface area (Å²) in [5.74, 6) is 1.44. The molecule has 214 valence electrons. The van der Waals surface area contributed by atoms with Gasteiger partial charge >= 0.3 is 0 Å². The predicted molar refractivity (Wildman–Crippen MR) is 176 cm³/mol. The zero-order chi connectivity index (χ0) is 29.2. The van der Waals surface area contributed by atoms with Gasteiger partial charge in [0.15, 0.2) is 0 Å². The fourth-order valence-corrected chi connectivity index (χ4v) is 7.68. The van der Waals surface area contributed by atoms with E-state index in [1.54, 1.807) is 22.7 Å². The van der Waals surface area contributed by atoms with E-state index in [1.165, 1.54) is 43.1 Å². The van der Waals surface area contributed by atoms with Gasteiger partial charge in [-0.1, -0.05) is 60.7 Å². The molecule has 0 bridgehead atoms. The summed E-state index contributed by atoms with van der Waals surface area (Å²) < 4.78 is 11.5. The zero-order valence-electron chi connectivity index (χ0n) is 23.4. The minimum absolute atomic E-state index is 0.0336. The van der Waals surface area contributed by atoms with Crippen molar-refractivity contribution in [2.45, 2.75) is 5.41 Å². The van der Waals surface area contributed by atoms with E-state index in [1.807, 2.05) is 24.3 Å². The summed E-state index contributed by atoms with van der Waals surface area (Å²) in [5, 5.41) is 22.8. The summed E-state index contributed by atoms with van der Waals surface area (Å²) in [5.41, 5.74) is 8.90. The van der Waals surface area contributed by atoms with E-state index in [2.05, 4.69) is 95.7 Å². The van der Waals surface area contributed by atoms with Crippen molar-refractivity contribution >= 4 is 22.7 Å². The lowest BCUT2D eigenvalue weighted by Gasteiger charge is -2.34. The summed E-state index contributed by atoms with van der Waals surface area (Å²) in [7, 11) is 0. The third kappa shape index (κ3) is 4.86. The Morgan fingerprint density at radius 3 is 1.35 bits per heavy atom. The second-order valence-corrected chi connectivity index (χ2v) is 12.3. The molecule has 1 aliphatic carbocycles. The Bertz CT molecular complexity index is 1690. The van der Waals surface area contributed by atoms with E-state index >= 15 is 0 Å². The van der Waals surface area contributed by atoms with Gasteiger partial charge in [0.05, 0.1) is 18.6 Å². The monoisotopic (exact) mass is 602 g/mol. The average Bonchev–Trinajstić information content (AvgIpc) is 3.84. The van der Waals surface area contributed by atoms with Crippen LogP contribution in [0.15, 0.2) is 120 Å². The topological polar surface area (TPSA) is 58.9 Å². The number of hydrogen-bond acceptors (Lipinski definition) is 6. The molecule has 0 amide bonds.